The van der Waals surface area contributed by atoms with Gasteiger partial charge in [-0.15, -0.1) is 0 Å². The molecule has 7 N–H and O–H groups in total. The Bertz CT molecular complexity index is 1030. The van der Waals surface area contributed by atoms with Crippen LogP contribution in [-0.4, -0.2) is 54.3 Å². The van der Waals surface area contributed by atoms with E-state index >= 15 is 0 Å². The molecule has 40 heavy (non-hydrogen) atoms. The van der Waals surface area contributed by atoms with Crippen LogP contribution in [0.1, 0.15) is 57.9 Å². The number of anilines is 1. The van der Waals surface area contributed by atoms with E-state index in [9.17, 15) is 24.3 Å². The molecule has 0 heterocycles. The molecule has 1 aromatic rings. The Morgan fingerprint density at radius 3 is 2.23 bits per heavy atom. The van der Waals surface area contributed by atoms with Gasteiger partial charge in [-0.3, -0.25) is 9.59 Å². The molecule has 3 rings (SSSR count). The molecule has 5 atom stereocenters. The van der Waals surface area contributed by atoms with E-state index in [4.69, 9.17) is 10.5 Å². The summed E-state index contributed by atoms with van der Waals surface area (Å²) < 4.78 is 5.52. The lowest BCUT2D eigenvalue weighted by atomic mass is 10.0. The molecule has 5 amide bonds. The van der Waals surface area contributed by atoms with Crippen molar-refractivity contribution < 1.29 is 29.0 Å². The third-order valence-electron chi connectivity index (χ3n) is 7.64. The van der Waals surface area contributed by atoms with E-state index in [1.807, 2.05) is 0 Å². The number of allylic oxidation sites excluding steroid dienone is 2. The maximum absolute atomic E-state index is 13.3. The van der Waals surface area contributed by atoms with Gasteiger partial charge in [0.1, 0.15) is 12.1 Å². The number of fused-ring (bicyclic) bond motifs is 1. The Labute approximate surface area is 235 Å². The number of nitrogens with one attached hydrogen (secondary N) is 4. The van der Waals surface area contributed by atoms with Crippen LogP contribution in [0.5, 0.6) is 0 Å². The Balaban J connectivity index is 1.56. The summed E-state index contributed by atoms with van der Waals surface area (Å²) in [6, 6.07) is 4.15. The zero-order valence-corrected chi connectivity index (χ0v) is 23.4. The average Bonchev–Trinajstić information content (AvgIpc) is 3.56. The molecule has 0 bridgehead atoms. The van der Waals surface area contributed by atoms with E-state index in [2.05, 4.69) is 33.4 Å². The number of amides is 5. The van der Waals surface area contributed by atoms with Crippen molar-refractivity contribution in [3.63, 3.8) is 0 Å². The van der Waals surface area contributed by atoms with Crippen LogP contribution in [0.2, 0.25) is 0 Å². The fraction of sp³-hybridized carbons (Fsp3) is 0.586. The number of benzene rings is 1. The first-order chi connectivity index (χ1) is 19.2. The van der Waals surface area contributed by atoms with E-state index in [0.29, 0.717) is 42.0 Å². The van der Waals surface area contributed by atoms with Crippen LogP contribution in [0.3, 0.4) is 0 Å². The second-order valence-electron chi connectivity index (χ2n) is 10.9. The second kappa shape index (κ2) is 15.3. The number of rotatable bonds is 13. The number of carbonyl (C=O) groups excluding carboxylic acids is 4. The largest absolute Gasteiger partial charge is 0.449 e. The Morgan fingerprint density at radius 1 is 1.00 bits per heavy atom. The van der Waals surface area contributed by atoms with Crippen LogP contribution in [0.15, 0.2) is 36.4 Å². The minimum absolute atomic E-state index is 0.120. The van der Waals surface area contributed by atoms with Gasteiger partial charge < -0.3 is 36.8 Å². The lowest BCUT2D eigenvalue weighted by Gasteiger charge is -2.25. The van der Waals surface area contributed by atoms with E-state index in [1.54, 1.807) is 38.1 Å². The molecule has 0 saturated heterocycles. The molecule has 2 aliphatic carbocycles. The standard InChI is InChI=1S/C29H43N5O6/c1-18(2)25(34-29(39)40-17-23-21-8-5-3-4-6-9-22(21)23)27(37)33-24(10-7-15-31-28(30)38)26(36)32-20-13-11-19(16-35)12-14-20/h3-4,11-14,18,21-25,35H,5-10,15-17H2,1-2H3,(H,32,36)(H,33,37)(H,34,39)(H3,30,31,38)/b4-3-/t21-,22?,23?,24?,25-/m0/s1. The molecular weight excluding hydrogens is 514 g/mol. The highest BCUT2D eigenvalue weighted by Gasteiger charge is 2.49. The number of alkyl carbamates (subject to hydrolysis) is 1. The number of hydrogen-bond acceptors (Lipinski definition) is 6. The van der Waals surface area contributed by atoms with Crippen molar-refractivity contribution in [2.45, 2.75) is 71.1 Å². The fourth-order valence-electron chi connectivity index (χ4n) is 5.29. The summed E-state index contributed by atoms with van der Waals surface area (Å²) in [5.41, 5.74) is 6.32. The third-order valence-corrected chi connectivity index (χ3v) is 7.64. The van der Waals surface area contributed by atoms with Crippen molar-refractivity contribution in [1.82, 2.24) is 16.0 Å². The summed E-state index contributed by atoms with van der Waals surface area (Å²) >= 11 is 0. The lowest BCUT2D eigenvalue weighted by Crippen LogP contribution is -2.54. The van der Waals surface area contributed by atoms with Gasteiger partial charge in [-0.2, -0.15) is 0 Å². The molecule has 220 valence electrons. The van der Waals surface area contributed by atoms with Gasteiger partial charge in [-0.25, -0.2) is 9.59 Å². The Morgan fingerprint density at radius 2 is 1.65 bits per heavy atom. The van der Waals surface area contributed by atoms with Gasteiger partial charge in [0.15, 0.2) is 0 Å². The predicted octanol–water partition coefficient (Wildman–Crippen LogP) is 2.79. The van der Waals surface area contributed by atoms with Gasteiger partial charge in [0.2, 0.25) is 11.8 Å². The monoisotopic (exact) mass is 557 g/mol. The van der Waals surface area contributed by atoms with Crippen molar-refractivity contribution in [2.75, 3.05) is 18.5 Å². The van der Waals surface area contributed by atoms with Crippen LogP contribution in [0, 0.1) is 23.7 Å². The number of nitrogens with two attached hydrogens (primary N) is 1. The number of urea groups is 1. The van der Waals surface area contributed by atoms with E-state index in [-0.39, 0.29) is 25.5 Å². The lowest BCUT2D eigenvalue weighted by molar-refractivity contribution is -0.128. The molecular formula is C29H43N5O6. The van der Waals surface area contributed by atoms with Crippen LogP contribution in [0.25, 0.3) is 0 Å². The SMILES string of the molecule is CC(C)[C@H](NC(=O)OCC1C2CC/C=C\CC[C@@H]21)C(=O)NC(CCCNC(N)=O)C(=O)Nc1ccc(CO)cc1. The molecule has 3 unspecified atom stereocenters. The van der Waals surface area contributed by atoms with E-state index < -0.39 is 36.0 Å². The highest BCUT2D eigenvalue weighted by Crippen LogP contribution is 2.52. The molecule has 1 saturated carbocycles. The molecule has 0 radical (unpaired) electrons. The first-order valence-electron chi connectivity index (χ1n) is 14.1. The average molecular weight is 558 g/mol. The van der Waals surface area contributed by atoms with Gasteiger partial charge in [0.05, 0.1) is 13.2 Å². The van der Waals surface area contributed by atoms with Gasteiger partial charge in [-0.1, -0.05) is 38.1 Å². The molecule has 2 aliphatic rings. The zero-order chi connectivity index (χ0) is 29.1. The number of aliphatic hydroxyl groups is 1. The summed E-state index contributed by atoms with van der Waals surface area (Å²) in [5, 5.41) is 19.9. The minimum atomic E-state index is -0.935. The van der Waals surface area contributed by atoms with Crippen LogP contribution in [0.4, 0.5) is 15.3 Å². The molecule has 1 aromatic carbocycles. The number of primary amides is 1. The molecule has 0 aliphatic heterocycles. The Hall–Kier alpha value is -3.60. The van der Waals surface area contributed by atoms with Gasteiger partial charge >= 0.3 is 12.1 Å². The smallest absolute Gasteiger partial charge is 0.407 e. The number of ether oxygens (including phenoxy) is 1. The first kappa shape index (κ1) is 30.9. The van der Waals surface area contributed by atoms with Gasteiger partial charge in [0, 0.05) is 12.2 Å². The summed E-state index contributed by atoms with van der Waals surface area (Å²) in [5.74, 6) is 0.317. The highest BCUT2D eigenvalue weighted by molar-refractivity contribution is 5.98. The van der Waals surface area contributed by atoms with Crippen molar-refractivity contribution in [3.05, 3.63) is 42.0 Å². The maximum Gasteiger partial charge on any atom is 0.407 e. The summed E-state index contributed by atoms with van der Waals surface area (Å²) in [6.07, 6.45) is 8.73. The molecule has 1 fully saturated rings. The first-order valence-corrected chi connectivity index (χ1v) is 14.1. The minimum Gasteiger partial charge on any atom is -0.449 e. The summed E-state index contributed by atoms with van der Waals surface area (Å²) in [6.45, 7) is 4.05. The summed E-state index contributed by atoms with van der Waals surface area (Å²) in [7, 11) is 0. The Kier molecular flexibility index (Phi) is 11.8. The quantitative estimate of drug-likeness (QED) is 0.161. The van der Waals surface area contributed by atoms with Crippen LogP contribution in [-0.2, 0) is 20.9 Å². The van der Waals surface area contributed by atoms with Crippen molar-refractivity contribution in [2.24, 2.45) is 29.4 Å². The van der Waals surface area contributed by atoms with Gasteiger partial charge in [-0.05, 0) is 79.9 Å². The molecule has 11 heteroatoms. The fourth-order valence-corrected chi connectivity index (χ4v) is 5.29. The van der Waals surface area contributed by atoms with Crippen molar-refractivity contribution in [1.29, 1.82) is 0 Å². The van der Waals surface area contributed by atoms with E-state index in [1.165, 1.54) is 0 Å². The predicted molar refractivity (Wildman–Crippen MR) is 151 cm³/mol. The molecule has 11 nitrogen and oxygen atoms in total. The molecule has 0 aromatic heterocycles. The summed E-state index contributed by atoms with van der Waals surface area (Å²) in [4.78, 5) is 50.0. The van der Waals surface area contributed by atoms with Gasteiger partial charge in [0.25, 0.3) is 0 Å². The number of aliphatic hydroxyl groups excluding tert-OH is 1. The zero-order valence-electron chi connectivity index (χ0n) is 23.4. The van der Waals surface area contributed by atoms with Crippen LogP contribution >= 0.6 is 0 Å². The van der Waals surface area contributed by atoms with Crippen molar-refractivity contribution in [3.8, 4) is 0 Å². The van der Waals surface area contributed by atoms with Crippen LogP contribution < -0.4 is 27.0 Å². The molecule has 0 spiro atoms. The normalized spacial score (nSPS) is 21.9. The van der Waals surface area contributed by atoms with Crippen molar-refractivity contribution >= 4 is 29.6 Å². The number of carbonyl (C=O) groups is 4. The number of hydrogen-bond donors (Lipinski definition) is 6. The van der Waals surface area contributed by atoms with E-state index in [0.717, 1.165) is 25.7 Å². The highest BCUT2D eigenvalue weighted by atomic mass is 16.5. The third kappa shape index (κ3) is 9.55. The topological polar surface area (TPSA) is 172 Å². The maximum atomic E-state index is 13.3. The second-order valence-corrected chi connectivity index (χ2v) is 10.9.